The molecule has 0 unspecified atom stereocenters. The maximum Gasteiger partial charge on any atom is 0.322 e. The van der Waals surface area contributed by atoms with Gasteiger partial charge in [0, 0.05) is 5.38 Å². The fourth-order valence-electron chi connectivity index (χ4n) is 0.973. The van der Waals surface area contributed by atoms with Crippen molar-refractivity contribution in [1.82, 2.24) is 0 Å². The van der Waals surface area contributed by atoms with Crippen LogP contribution in [-0.2, 0) is 14.3 Å². The Bertz CT molecular complexity index is 362. The first-order valence-corrected chi connectivity index (χ1v) is 5.76. The van der Waals surface area contributed by atoms with Crippen LogP contribution in [0.25, 0.3) is 0 Å². The van der Waals surface area contributed by atoms with Crippen LogP contribution < -0.4 is 4.74 Å². The normalized spacial score (nSPS) is 10.9. The number of thiophene rings is 1. The van der Waals surface area contributed by atoms with Gasteiger partial charge in [0.15, 0.2) is 0 Å². The predicted octanol–water partition coefficient (Wildman–Crippen LogP) is 2.39. The van der Waals surface area contributed by atoms with Crippen LogP contribution in [0.5, 0.6) is 5.75 Å². The molecule has 1 rings (SSSR count). The predicted molar refractivity (Wildman–Crippen MR) is 60.4 cm³/mol. The summed E-state index contributed by atoms with van der Waals surface area (Å²) in [5, 5.41) is 3.48. The molecule has 5 heteroatoms. The lowest BCUT2D eigenvalue weighted by Crippen LogP contribution is -2.26. The molecule has 0 aliphatic rings. The quantitative estimate of drug-likeness (QED) is 0.603. The third kappa shape index (κ3) is 4.93. The minimum Gasteiger partial charge on any atom is -0.460 e. The van der Waals surface area contributed by atoms with Gasteiger partial charge in [-0.05, 0) is 32.2 Å². The Morgan fingerprint density at radius 1 is 1.31 bits per heavy atom. The van der Waals surface area contributed by atoms with Gasteiger partial charge in [0.1, 0.15) is 17.8 Å². The minimum absolute atomic E-state index is 0.368. The van der Waals surface area contributed by atoms with Gasteiger partial charge >= 0.3 is 11.9 Å². The summed E-state index contributed by atoms with van der Waals surface area (Å²) < 4.78 is 9.90. The van der Waals surface area contributed by atoms with E-state index in [-0.39, 0.29) is 6.42 Å². The molecule has 16 heavy (non-hydrogen) atoms. The van der Waals surface area contributed by atoms with Crippen molar-refractivity contribution in [3.05, 3.63) is 16.8 Å². The summed E-state index contributed by atoms with van der Waals surface area (Å²) >= 11 is 1.42. The molecule has 1 heterocycles. The Morgan fingerprint density at radius 3 is 2.50 bits per heavy atom. The summed E-state index contributed by atoms with van der Waals surface area (Å²) in [6.07, 6.45) is -0.368. The number of carbonyl (C=O) groups is 2. The highest BCUT2D eigenvalue weighted by Gasteiger charge is 2.19. The Labute approximate surface area is 98.2 Å². The molecule has 1 aromatic heterocycles. The lowest BCUT2D eigenvalue weighted by Gasteiger charge is -2.18. The van der Waals surface area contributed by atoms with E-state index in [1.165, 1.54) is 11.3 Å². The van der Waals surface area contributed by atoms with Gasteiger partial charge in [0.05, 0.1) is 0 Å². The fraction of sp³-hybridized carbons (Fsp3) is 0.455. The van der Waals surface area contributed by atoms with Crippen molar-refractivity contribution in [3.8, 4) is 5.75 Å². The molecule has 1 aromatic rings. The number of ether oxygens (including phenoxy) is 2. The van der Waals surface area contributed by atoms with E-state index in [0.29, 0.717) is 5.75 Å². The molecule has 4 nitrogen and oxygen atoms in total. The summed E-state index contributed by atoms with van der Waals surface area (Å²) in [5.74, 6) is -0.723. The molecule has 0 atom stereocenters. The van der Waals surface area contributed by atoms with E-state index in [4.69, 9.17) is 9.47 Å². The van der Waals surface area contributed by atoms with Gasteiger partial charge in [-0.3, -0.25) is 9.59 Å². The van der Waals surface area contributed by atoms with Crippen LogP contribution in [0.3, 0.4) is 0 Å². The fourth-order valence-corrected chi connectivity index (χ4v) is 1.53. The van der Waals surface area contributed by atoms with Crippen molar-refractivity contribution in [3.63, 3.8) is 0 Å². The van der Waals surface area contributed by atoms with Crippen molar-refractivity contribution >= 4 is 23.3 Å². The van der Waals surface area contributed by atoms with E-state index in [1.54, 1.807) is 37.6 Å². The second-order valence-corrected chi connectivity index (χ2v) is 4.98. The molecule has 0 bridgehead atoms. The van der Waals surface area contributed by atoms with Crippen LogP contribution in [0.4, 0.5) is 0 Å². The van der Waals surface area contributed by atoms with E-state index in [2.05, 4.69) is 0 Å². The van der Waals surface area contributed by atoms with Gasteiger partial charge in [0.2, 0.25) is 0 Å². The van der Waals surface area contributed by atoms with Crippen LogP contribution in [0.2, 0.25) is 0 Å². The molecule has 0 saturated heterocycles. The monoisotopic (exact) mass is 242 g/mol. The number of esters is 2. The highest BCUT2D eigenvalue weighted by atomic mass is 32.1. The van der Waals surface area contributed by atoms with Crippen LogP contribution in [0, 0.1) is 0 Å². The van der Waals surface area contributed by atoms with E-state index in [9.17, 15) is 9.59 Å². The van der Waals surface area contributed by atoms with Gasteiger partial charge in [0.25, 0.3) is 0 Å². The van der Waals surface area contributed by atoms with Gasteiger partial charge in [-0.15, -0.1) is 11.3 Å². The van der Waals surface area contributed by atoms with Crippen molar-refractivity contribution in [1.29, 1.82) is 0 Å². The van der Waals surface area contributed by atoms with Gasteiger partial charge < -0.3 is 9.47 Å². The van der Waals surface area contributed by atoms with Gasteiger partial charge in [-0.1, -0.05) is 0 Å². The number of rotatable bonds is 3. The van der Waals surface area contributed by atoms with E-state index < -0.39 is 17.5 Å². The lowest BCUT2D eigenvalue weighted by molar-refractivity contribution is -0.158. The third-order valence-corrected chi connectivity index (χ3v) is 2.10. The lowest BCUT2D eigenvalue weighted by atomic mass is 10.2. The summed E-state index contributed by atoms with van der Waals surface area (Å²) in [4.78, 5) is 22.6. The zero-order valence-corrected chi connectivity index (χ0v) is 10.3. The molecule has 0 aromatic carbocycles. The Balaban J connectivity index is 2.37. The second kappa shape index (κ2) is 5.12. The largest absolute Gasteiger partial charge is 0.460 e. The Morgan fingerprint density at radius 2 is 2.00 bits per heavy atom. The Kier molecular flexibility index (Phi) is 4.06. The molecule has 0 spiro atoms. The third-order valence-electron chi connectivity index (χ3n) is 1.44. The maximum absolute atomic E-state index is 11.3. The topological polar surface area (TPSA) is 52.6 Å². The molecule has 0 N–H and O–H groups in total. The molecule has 0 saturated carbocycles. The van der Waals surface area contributed by atoms with Crippen LogP contribution in [-0.4, -0.2) is 17.5 Å². The minimum atomic E-state index is -0.604. The highest BCUT2D eigenvalue weighted by Crippen LogP contribution is 2.15. The first kappa shape index (κ1) is 12.7. The molecule has 0 radical (unpaired) electrons. The Hall–Kier alpha value is -1.36. The summed E-state index contributed by atoms with van der Waals surface area (Å²) in [7, 11) is 0. The van der Waals surface area contributed by atoms with Crippen molar-refractivity contribution in [2.45, 2.75) is 32.8 Å². The maximum atomic E-state index is 11.3. The van der Waals surface area contributed by atoms with E-state index >= 15 is 0 Å². The van der Waals surface area contributed by atoms with Crippen molar-refractivity contribution in [2.24, 2.45) is 0 Å². The van der Waals surface area contributed by atoms with Gasteiger partial charge in [-0.2, -0.15) is 0 Å². The highest BCUT2D eigenvalue weighted by molar-refractivity contribution is 7.08. The SMILES string of the molecule is CC(C)(C)OC(=O)CC(=O)Oc1ccsc1. The van der Waals surface area contributed by atoms with Crippen LogP contribution >= 0.6 is 11.3 Å². The van der Waals surface area contributed by atoms with Crippen molar-refractivity contribution in [2.75, 3.05) is 0 Å². The summed E-state index contributed by atoms with van der Waals surface area (Å²) in [5.41, 5.74) is -0.584. The second-order valence-electron chi connectivity index (χ2n) is 4.20. The number of carbonyl (C=O) groups excluding carboxylic acids is 2. The number of hydrogen-bond donors (Lipinski definition) is 0. The van der Waals surface area contributed by atoms with E-state index in [0.717, 1.165) is 0 Å². The average Bonchev–Trinajstić information content (AvgIpc) is 2.51. The molecular formula is C11H14O4S. The first-order valence-electron chi connectivity index (χ1n) is 4.81. The molecular weight excluding hydrogens is 228 g/mol. The van der Waals surface area contributed by atoms with Crippen molar-refractivity contribution < 1.29 is 19.1 Å². The molecule has 0 amide bonds. The van der Waals surface area contributed by atoms with Gasteiger partial charge in [-0.25, -0.2) is 0 Å². The zero-order valence-electron chi connectivity index (χ0n) is 9.48. The average molecular weight is 242 g/mol. The first-order chi connectivity index (χ1) is 7.37. The molecule has 88 valence electrons. The van der Waals surface area contributed by atoms with Crippen LogP contribution in [0.15, 0.2) is 16.8 Å². The molecule has 0 aliphatic carbocycles. The van der Waals surface area contributed by atoms with Crippen LogP contribution in [0.1, 0.15) is 27.2 Å². The molecule has 0 aliphatic heterocycles. The number of hydrogen-bond acceptors (Lipinski definition) is 5. The summed E-state index contributed by atoms with van der Waals surface area (Å²) in [6.45, 7) is 5.24. The standard InChI is InChI=1S/C11H14O4S/c1-11(2,3)15-10(13)6-9(12)14-8-4-5-16-7-8/h4-5,7H,6H2,1-3H3. The molecule has 0 fully saturated rings. The van der Waals surface area contributed by atoms with E-state index in [1.807, 2.05) is 0 Å². The zero-order chi connectivity index (χ0) is 12.2. The summed E-state index contributed by atoms with van der Waals surface area (Å²) in [6, 6.07) is 1.66. The smallest absolute Gasteiger partial charge is 0.322 e.